The molecule has 3 rings (SSSR count). The minimum absolute atomic E-state index is 0.0979. The van der Waals surface area contributed by atoms with Crippen molar-refractivity contribution < 1.29 is 14.3 Å². The number of hydrogen-bond donors (Lipinski definition) is 1. The fraction of sp³-hybridized carbons (Fsp3) is 0.476. The highest BCUT2D eigenvalue weighted by Crippen LogP contribution is 2.24. The Labute approximate surface area is 171 Å². The molecule has 1 aromatic carbocycles. The maximum absolute atomic E-state index is 13.0. The Morgan fingerprint density at radius 1 is 1.29 bits per heavy atom. The van der Waals surface area contributed by atoms with Crippen molar-refractivity contribution in [1.29, 1.82) is 0 Å². The molecule has 1 aliphatic rings. The summed E-state index contributed by atoms with van der Waals surface area (Å²) in [5.74, 6) is 0.663. The number of amides is 2. The normalized spacial score (nSPS) is 14.6. The van der Waals surface area contributed by atoms with Gasteiger partial charge in [0.1, 0.15) is 5.75 Å². The van der Waals surface area contributed by atoms with Gasteiger partial charge in [0.05, 0.1) is 32.6 Å². The highest BCUT2D eigenvalue weighted by Gasteiger charge is 2.18. The first kappa shape index (κ1) is 20.6. The van der Waals surface area contributed by atoms with Gasteiger partial charge in [-0.05, 0) is 42.5 Å². The molecule has 1 aromatic heterocycles. The summed E-state index contributed by atoms with van der Waals surface area (Å²) >= 11 is 1.70. The Morgan fingerprint density at radius 2 is 2.07 bits per heavy atom. The van der Waals surface area contributed by atoms with Crippen molar-refractivity contribution in [2.24, 2.45) is 0 Å². The van der Waals surface area contributed by atoms with Crippen LogP contribution in [0, 0.1) is 6.92 Å². The number of hydrogen-bond acceptors (Lipinski definition) is 5. The van der Waals surface area contributed by atoms with Gasteiger partial charge < -0.3 is 19.7 Å². The number of benzene rings is 1. The molecule has 0 saturated carbocycles. The topological polar surface area (TPSA) is 54.0 Å². The van der Waals surface area contributed by atoms with E-state index in [-0.39, 0.29) is 6.03 Å². The van der Waals surface area contributed by atoms with Crippen LogP contribution in [0.4, 0.5) is 10.5 Å². The van der Waals surface area contributed by atoms with Crippen LogP contribution < -0.4 is 10.1 Å². The van der Waals surface area contributed by atoms with Crippen LogP contribution in [-0.2, 0) is 11.3 Å². The molecule has 7 heteroatoms. The molecular weight excluding hydrogens is 374 g/mol. The Kier molecular flexibility index (Phi) is 7.71. The number of thiophene rings is 1. The molecule has 0 bridgehead atoms. The third kappa shape index (κ3) is 5.70. The predicted molar refractivity (Wildman–Crippen MR) is 113 cm³/mol. The van der Waals surface area contributed by atoms with Crippen molar-refractivity contribution in [2.45, 2.75) is 19.9 Å². The Balaban J connectivity index is 1.64. The van der Waals surface area contributed by atoms with Crippen molar-refractivity contribution in [2.75, 3.05) is 51.8 Å². The molecule has 1 saturated heterocycles. The fourth-order valence-electron chi connectivity index (χ4n) is 3.24. The van der Waals surface area contributed by atoms with Gasteiger partial charge in [0.25, 0.3) is 0 Å². The number of methoxy groups -OCH3 is 1. The molecule has 2 heterocycles. The molecule has 0 radical (unpaired) electrons. The largest absolute Gasteiger partial charge is 0.495 e. The summed E-state index contributed by atoms with van der Waals surface area (Å²) in [7, 11) is 1.61. The average molecular weight is 404 g/mol. The lowest BCUT2D eigenvalue weighted by Gasteiger charge is -2.28. The van der Waals surface area contributed by atoms with Gasteiger partial charge in [0.15, 0.2) is 0 Å². The van der Waals surface area contributed by atoms with Gasteiger partial charge in [-0.1, -0.05) is 12.1 Å². The standard InChI is InChI=1S/C21H29N3O3S/c1-17-8-15-28-20(17)16-24(10-5-9-23-11-13-27-14-12-23)21(25)22-18-6-3-4-7-19(18)26-2/h3-4,6-8,15H,5,9-14,16H2,1-2H3,(H,22,25). The SMILES string of the molecule is COc1ccccc1NC(=O)N(CCCN1CCOCC1)Cc1sccc1C. The number of urea groups is 1. The van der Waals surface area contributed by atoms with E-state index in [1.807, 2.05) is 29.2 Å². The third-order valence-electron chi connectivity index (χ3n) is 4.94. The van der Waals surface area contributed by atoms with E-state index < -0.39 is 0 Å². The van der Waals surface area contributed by atoms with Gasteiger partial charge in [0, 0.05) is 31.1 Å². The van der Waals surface area contributed by atoms with E-state index in [0.717, 1.165) is 39.3 Å². The van der Waals surface area contributed by atoms with E-state index >= 15 is 0 Å². The van der Waals surface area contributed by atoms with Gasteiger partial charge in [-0.2, -0.15) is 0 Å². The van der Waals surface area contributed by atoms with Gasteiger partial charge >= 0.3 is 6.03 Å². The summed E-state index contributed by atoms with van der Waals surface area (Å²) in [6, 6.07) is 9.50. The minimum Gasteiger partial charge on any atom is -0.495 e. The molecular formula is C21H29N3O3S. The number of morpholine rings is 1. The number of ether oxygens (including phenoxy) is 2. The van der Waals surface area contributed by atoms with Crippen molar-refractivity contribution in [1.82, 2.24) is 9.80 Å². The van der Waals surface area contributed by atoms with E-state index in [4.69, 9.17) is 9.47 Å². The Hall–Kier alpha value is -2.09. The molecule has 152 valence electrons. The van der Waals surface area contributed by atoms with Crippen LogP contribution in [0.1, 0.15) is 16.9 Å². The van der Waals surface area contributed by atoms with E-state index in [9.17, 15) is 4.79 Å². The van der Waals surface area contributed by atoms with Crippen molar-refractivity contribution >= 4 is 23.1 Å². The lowest BCUT2D eigenvalue weighted by molar-refractivity contribution is 0.0365. The van der Waals surface area contributed by atoms with Gasteiger partial charge in [-0.25, -0.2) is 4.79 Å². The predicted octanol–water partition coefficient (Wildman–Crippen LogP) is 3.82. The molecule has 0 unspecified atom stereocenters. The second-order valence-electron chi connectivity index (χ2n) is 6.89. The molecule has 28 heavy (non-hydrogen) atoms. The first-order valence-electron chi connectivity index (χ1n) is 9.69. The average Bonchev–Trinajstić information content (AvgIpc) is 3.13. The fourth-order valence-corrected chi connectivity index (χ4v) is 4.16. The Morgan fingerprint density at radius 3 is 2.79 bits per heavy atom. The molecule has 6 nitrogen and oxygen atoms in total. The highest BCUT2D eigenvalue weighted by atomic mass is 32.1. The first-order chi connectivity index (χ1) is 13.7. The van der Waals surface area contributed by atoms with Gasteiger partial charge in [0.2, 0.25) is 0 Å². The molecule has 2 amide bonds. The summed E-state index contributed by atoms with van der Waals surface area (Å²) in [4.78, 5) is 18.5. The summed E-state index contributed by atoms with van der Waals surface area (Å²) in [6.07, 6.45) is 0.934. The first-order valence-corrected chi connectivity index (χ1v) is 10.6. The van der Waals surface area contributed by atoms with Crippen LogP contribution in [0.25, 0.3) is 0 Å². The zero-order valence-electron chi connectivity index (χ0n) is 16.6. The zero-order chi connectivity index (χ0) is 19.8. The molecule has 2 aromatic rings. The van der Waals surface area contributed by atoms with Crippen LogP contribution in [-0.4, -0.2) is 62.3 Å². The van der Waals surface area contributed by atoms with Crippen LogP contribution in [0.15, 0.2) is 35.7 Å². The maximum atomic E-state index is 13.0. The number of carbonyl (C=O) groups excluding carboxylic acids is 1. The lowest BCUT2D eigenvalue weighted by atomic mass is 10.2. The van der Waals surface area contributed by atoms with E-state index in [2.05, 4.69) is 28.6 Å². The Bertz CT molecular complexity index is 759. The maximum Gasteiger partial charge on any atom is 0.322 e. The number of anilines is 1. The van der Waals surface area contributed by atoms with Crippen molar-refractivity contribution in [3.8, 4) is 5.75 Å². The van der Waals surface area contributed by atoms with Crippen LogP contribution in [0.2, 0.25) is 0 Å². The monoisotopic (exact) mass is 403 g/mol. The van der Waals surface area contributed by atoms with Crippen molar-refractivity contribution in [3.63, 3.8) is 0 Å². The quantitative estimate of drug-likeness (QED) is 0.728. The van der Waals surface area contributed by atoms with E-state index in [1.165, 1.54) is 10.4 Å². The van der Waals surface area contributed by atoms with Gasteiger partial charge in [-0.15, -0.1) is 11.3 Å². The lowest BCUT2D eigenvalue weighted by Crippen LogP contribution is -2.40. The number of aryl methyl sites for hydroxylation is 1. The number of nitrogens with zero attached hydrogens (tertiary/aromatic N) is 2. The summed E-state index contributed by atoms with van der Waals surface area (Å²) in [5, 5.41) is 5.09. The van der Waals surface area contributed by atoms with Crippen molar-refractivity contribution in [3.05, 3.63) is 46.2 Å². The molecule has 0 aliphatic carbocycles. The minimum atomic E-state index is -0.0979. The van der Waals surface area contributed by atoms with Gasteiger partial charge in [-0.3, -0.25) is 4.90 Å². The number of nitrogens with one attached hydrogen (secondary N) is 1. The van der Waals surface area contributed by atoms with Crippen LogP contribution in [0.3, 0.4) is 0 Å². The molecule has 1 N–H and O–H groups in total. The molecule has 1 fully saturated rings. The molecule has 0 spiro atoms. The highest BCUT2D eigenvalue weighted by molar-refractivity contribution is 7.10. The second kappa shape index (κ2) is 10.5. The zero-order valence-corrected chi connectivity index (χ0v) is 17.5. The number of rotatable bonds is 8. The summed E-state index contributed by atoms with van der Waals surface area (Å²) < 4.78 is 10.8. The van der Waals surface area contributed by atoms with E-state index in [0.29, 0.717) is 24.5 Å². The van der Waals surface area contributed by atoms with Crippen LogP contribution in [0.5, 0.6) is 5.75 Å². The number of para-hydroxylation sites is 2. The third-order valence-corrected chi connectivity index (χ3v) is 5.95. The number of carbonyl (C=O) groups is 1. The second-order valence-corrected chi connectivity index (χ2v) is 7.89. The smallest absolute Gasteiger partial charge is 0.322 e. The van der Waals surface area contributed by atoms with Crippen LogP contribution >= 0.6 is 11.3 Å². The summed E-state index contributed by atoms with van der Waals surface area (Å²) in [5.41, 5.74) is 1.92. The summed E-state index contributed by atoms with van der Waals surface area (Å²) in [6.45, 7) is 7.93. The van der Waals surface area contributed by atoms with E-state index in [1.54, 1.807) is 18.4 Å². The molecule has 0 atom stereocenters. The molecule has 1 aliphatic heterocycles.